The summed E-state index contributed by atoms with van der Waals surface area (Å²) in [7, 11) is 1.57. The molecule has 1 aliphatic heterocycles. The highest BCUT2D eigenvalue weighted by molar-refractivity contribution is 5.34. The predicted molar refractivity (Wildman–Crippen MR) is 64.8 cm³/mol. The van der Waals surface area contributed by atoms with Crippen LogP contribution >= 0.6 is 0 Å². The molecule has 18 heavy (non-hydrogen) atoms. The third-order valence-corrected chi connectivity index (χ3v) is 3.20. The number of nitriles is 1. The lowest BCUT2D eigenvalue weighted by Crippen LogP contribution is -2.13. The van der Waals surface area contributed by atoms with Crippen LogP contribution in [0.15, 0.2) is 18.2 Å². The summed E-state index contributed by atoms with van der Waals surface area (Å²) in [5, 5.41) is 8.62. The lowest BCUT2D eigenvalue weighted by atomic mass is 10.0. The summed E-state index contributed by atoms with van der Waals surface area (Å²) >= 11 is 0. The van der Waals surface area contributed by atoms with Gasteiger partial charge in [0.05, 0.1) is 31.8 Å². The maximum Gasteiger partial charge on any atom is 0.123 e. The second kappa shape index (κ2) is 5.83. The van der Waals surface area contributed by atoms with Crippen LogP contribution in [0.2, 0.25) is 0 Å². The molecule has 1 heterocycles. The third-order valence-electron chi connectivity index (χ3n) is 3.20. The number of methoxy groups -OCH3 is 1. The first-order valence-electron chi connectivity index (χ1n) is 6.07. The Kier molecular flexibility index (Phi) is 4.16. The van der Waals surface area contributed by atoms with Crippen LogP contribution in [-0.4, -0.2) is 19.3 Å². The molecule has 0 saturated carbocycles. The standard InChI is InChI=1S/C14H16FNO2/c1-17-14-5-2-11(15)8-10(14)9-13-4-3-12(18-13)6-7-16/h2,5,8,12-13H,3-4,6,9H2,1H3/t12-,13-/m0/s1. The van der Waals surface area contributed by atoms with Crippen molar-refractivity contribution in [2.24, 2.45) is 0 Å². The Morgan fingerprint density at radius 1 is 1.44 bits per heavy atom. The number of halogens is 1. The van der Waals surface area contributed by atoms with Crippen LogP contribution in [0.4, 0.5) is 4.39 Å². The van der Waals surface area contributed by atoms with Gasteiger partial charge in [-0.3, -0.25) is 0 Å². The molecule has 2 atom stereocenters. The summed E-state index contributed by atoms with van der Waals surface area (Å²) in [6.45, 7) is 0. The van der Waals surface area contributed by atoms with Gasteiger partial charge in [-0.1, -0.05) is 0 Å². The normalized spacial score (nSPS) is 22.7. The Balaban J connectivity index is 2.02. The van der Waals surface area contributed by atoms with Crippen molar-refractivity contribution in [2.75, 3.05) is 7.11 Å². The zero-order valence-electron chi connectivity index (χ0n) is 10.4. The predicted octanol–water partition coefficient (Wildman–Crippen LogP) is 2.84. The van der Waals surface area contributed by atoms with Gasteiger partial charge in [-0.2, -0.15) is 5.26 Å². The van der Waals surface area contributed by atoms with Gasteiger partial charge in [0, 0.05) is 6.42 Å². The average molecular weight is 249 g/mol. The Hall–Kier alpha value is -1.60. The van der Waals surface area contributed by atoms with Gasteiger partial charge < -0.3 is 9.47 Å². The molecule has 1 aromatic carbocycles. The van der Waals surface area contributed by atoms with Crippen LogP contribution in [-0.2, 0) is 11.2 Å². The third kappa shape index (κ3) is 2.99. The molecular weight excluding hydrogens is 233 g/mol. The Labute approximate surface area is 106 Å². The van der Waals surface area contributed by atoms with Crippen LogP contribution in [0.3, 0.4) is 0 Å². The molecule has 0 aromatic heterocycles. The van der Waals surface area contributed by atoms with E-state index < -0.39 is 0 Å². The highest BCUT2D eigenvalue weighted by atomic mass is 19.1. The zero-order valence-corrected chi connectivity index (χ0v) is 10.4. The first-order chi connectivity index (χ1) is 8.72. The smallest absolute Gasteiger partial charge is 0.123 e. The van der Waals surface area contributed by atoms with Gasteiger partial charge in [-0.25, -0.2) is 4.39 Å². The molecule has 0 unspecified atom stereocenters. The van der Waals surface area contributed by atoms with Gasteiger partial charge in [0.15, 0.2) is 0 Å². The van der Waals surface area contributed by atoms with Crippen LogP contribution in [0.25, 0.3) is 0 Å². The minimum atomic E-state index is -0.266. The quantitative estimate of drug-likeness (QED) is 0.824. The van der Waals surface area contributed by atoms with Crippen molar-refractivity contribution >= 4 is 0 Å². The molecule has 1 aromatic rings. The number of rotatable bonds is 4. The van der Waals surface area contributed by atoms with Crippen LogP contribution < -0.4 is 4.74 Å². The molecule has 0 amide bonds. The summed E-state index contributed by atoms with van der Waals surface area (Å²) in [5.74, 6) is 0.418. The van der Waals surface area contributed by atoms with Crippen molar-refractivity contribution < 1.29 is 13.9 Å². The van der Waals surface area contributed by atoms with Gasteiger partial charge in [0.1, 0.15) is 11.6 Å². The van der Waals surface area contributed by atoms with E-state index in [1.54, 1.807) is 13.2 Å². The van der Waals surface area contributed by atoms with E-state index in [-0.39, 0.29) is 18.0 Å². The Bertz CT molecular complexity index is 456. The van der Waals surface area contributed by atoms with Gasteiger partial charge in [-0.05, 0) is 36.6 Å². The monoisotopic (exact) mass is 249 g/mol. The summed E-state index contributed by atoms with van der Waals surface area (Å²) in [4.78, 5) is 0. The molecule has 0 spiro atoms. The second-order valence-electron chi connectivity index (χ2n) is 4.48. The first kappa shape index (κ1) is 12.8. The first-order valence-corrected chi connectivity index (χ1v) is 6.07. The largest absolute Gasteiger partial charge is 0.496 e. The van der Waals surface area contributed by atoms with E-state index in [4.69, 9.17) is 14.7 Å². The van der Waals surface area contributed by atoms with Gasteiger partial charge in [-0.15, -0.1) is 0 Å². The van der Waals surface area contributed by atoms with Crippen LogP contribution in [0.5, 0.6) is 5.75 Å². The van der Waals surface area contributed by atoms with Gasteiger partial charge in [0.25, 0.3) is 0 Å². The van der Waals surface area contributed by atoms with E-state index in [9.17, 15) is 4.39 Å². The summed E-state index contributed by atoms with van der Waals surface area (Å²) < 4.78 is 24.2. The molecule has 1 aliphatic rings. The van der Waals surface area contributed by atoms with E-state index in [2.05, 4.69) is 6.07 Å². The molecule has 0 radical (unpaired) electrons. The fraction of sp³-hybridized carbons (Fsp3) is 0.500. The minimum absolute atomic E-state index is 0.0274. The Morgan fingerprint density at radius 2 is 2.22 bits per heavy atom. The SMILES string of the molecule is COc1ccc(F)cc1C[C@@H]1CC[C@@H](CC#N)O1. The fourth-order valence-electron chi connectivity index (χ4n) is 2.33. The molecular formula is C14H16FNO2. The van der Waals surface area contributed by atoms with Crippen molar-refractivity contribution in [2.45, 2.75) is 37.9 Å². The summed E-state index contributed by atoms with van der Waals surface area (Å²) in [6, 6.07) is 6.62. The molecule has 1 saturated heterocycles. The molecule has 0 aliphatic carbocycles. The number of ether oxygens (including phenoxy) is 2. The van der Waals surface area contributed by atoms with Crippen LogP contribution in [0.1, 0.15) is 24.8 Å². The lowest BCUT2D eigenvalue weighted by Gasteiger charge is -2.14. The van der Waals surface area contributed by atoms with E-state index in [0.717, 1.165) is 18.4 Å². The van der Waals surface area contributed by atoms with Gasteiger partial charge >= 0.3 is 0 Å². The molecule has 4 heteroatoms. The Morgan fingerprint density at radius 3 is 2.94 bits per heavy atom. The van der Waals surface area contributed by atoms with Crippen molar-refractivity contribution in [3.8, 4) is 11.8 Å². The van der Waals surface area contributed by atoms with E-state index in [0.29, 0.717) is 18.6 Å². The molecule has 1 fully saturated rings. The molecule has 2 rings (SSSR count). The minimum Gasteiger partial charge on any atom is -0.496 e. The highest BCUT2D eigenvalue weighted by Gasteiger charge is 2.26. The summed E-state index contributed by atoms with van der Waals surface area (Å²) in [5.41, 5.74) is 0.820. The topological polar surface area (TPSA) is 42.2 Å². The molecule has 0 bridgehead atoms. The maximum absolute atomic E-state index is 13.2. The van der Waals surface area contributed by atoms with Crippen molar-refractivity contribution in [1.82, 2.24) is 0 Å². The average Bonchev–Trinajstić information content (AvgIpc) is 2.77. The van der Waals surface area contributed by atoms with Crippen LogP contribution in [0, 0.1) is 17.1 Å². The van der Waals surface area contributed by atoms with Gasteiger partial charge in [0.2, 0.25) is 0 Å². The summed E-state index contributed by atoms with van der Waals surface area (Å²) in [6.07, 6.45) is 2.94. The number of nitrogens with zero attached hydrogens (tertiary/aromatic N) is 1. The zero-order chi connectivity index (χ0) is 13.0. The highest BCUT2D eigenvalue weighted by Crippen LogP contribution is 2.28. The lowest BCUT2D eigenvalue weighted by molar-refractivity contribution is 0.0482. The molecule has 96 valence electrons. The van der Waals surface area contributed by atoms with Crippen molar-refractivity contribution in [1.29, 1.82) is 5.26 Å². The number of hydrogen-bond acceptors (Lipinski definition) is 3. The second-order valence-corrected chi connectivity index (χ2v) is 4.48. The van der Waals surface area contributed by atoms with Crippen molar-refractivity contribution in [3.05, 3.63) is 29.6 Å². The maximum atomic E-state index is 13.2. The van der Waals surface area contributed by atoms with Crippen molar-refractivity contribution in [3.63, 3.8) is 0 Å². The van der Waals surface area contributed by atoms with E-state index >= 15 is 0 Å². The number of benzene rings is 1. The molecule has 3 nitrogen and oxygen atoms in total. The number of hydrogen-bond donors (Lipinski definition) is 0. The fourth-order valence-corrected chi connectivity index (χ4v) is 2.33. The van der Waals surface area contributed by atoms with E-state index in [1.807, 2.05) is 0 Å². The van der Waals surface area contributed by atoms with E-state index in [1.165, 1.54) is 12.1 Å². The molecule has 0 N–H and O–H groups in total.